The summed E-state index contributed by atoms with van der Waals surface area (Å²) in [5.41, 5.74) is 1.81. The van der Waals surface area contributed by atoms with Crippen molar-refractivity contribution < 1.29 is 4.74 Å². The van der Waals surface area contributed by atoms with E-state index in [1.54, 1.807) is 18.6 Å². The minimum absolute atomic E-state index is 0.357. The molecule has 0 N–H and O–H groups in total. The van der Waals surface area contributed by atoms with Crippen molar-refractivity contribution in [1.29, 1.82) is 0 Å². The van der Waals surface area contributed by atoms with E-state index in [-0.39, 0.29) is 0 Å². The van der Waals surface area contributed by atoms with Gasteiger partial charge in [-0.2, -0.15) is 0 Å². The van der Waals surface area contributed by atoms with Gasteiger partial charge in [-0.05, 0) is 12.1 Å². The molecule has 0 bridgehead atoms. The Labute approximate surface area is 94.3 Å². The fourth-order valence-corrected chi connectivity index (χ4v) is 1.43. The van der Waals surface area contributed by atoms with Gasteiger partial charge in [0.05, 0.1) is 5.56 Å². The molecule has 0 spiro atoms. The fourth-order valence-electron chi connectivity index (χ4n) is 1.43. The van der Waals surface area contributed by atoms with Gasteiger partial charge in [-0.25, -0.2) is 4.74 Å². The lowest BCUT2D eigenvalue weighted by Crippen LogP contribution is -2.05. The van der Waals surface area contributed by atoms with Crippen LogP contribution in [0.3, 0.4) is 0 Å². The first kappa shape index (κ1) is 10.4. The molecule has 1 aromatic heterocycles. The molecule has 0 aliphatic rings. The van der Waals surface area contributed by atoms with Crippen LogP contribution in [0.25, 0.3) is 0 Å². The van der Waals surface area contributed by atoms with Crippen molar-refractivity contribution >= 4 is 6.21 Å². The Morgan fingerprint density at radius 1 is 1.12 bits per heavy atom. The smallest absolute Gasteiger partial charge is 0.183 e. The van der Waals surface area contributed by atoms with Gasteiger partial charge in [0.2, 0.25) is 0 Å². The van der Waals surface area contributed by atoms with Gasteiger partial charge in [-0.15, -0.1) is 0 Å². The second kappa shape index (κ2) is 5.07. The van der Waals surface area contributed by atoms with Crippen LogP contribution < -0.4 is 0 Å². The minimum Gasteiger partial charge on any atom is -0.624 e. The van der Waals surface area contributed by atoms with Crippen LogP contribution in [-0.2, 0) is 6.54 Å². The van der Waals surface area contributed by atoms with Crippen molar-refractivity contribution in [2.75, 3.05) is 0 Å². The lowest BCUT2D eigenvalue weighted by Gasteiger charge is -2.03. The number of hydrogen-bond acceptors (Lipinski definition) is 2. The van der Waals surface area contributed by atoms with Crippen LogP contribution in [0.1, 0.15) is 11.1 Å². The van der Waals surface area contributed by atoms with Gasteiger partial charge in [-0.1, -0.05) is 30.3 Å². The van der Waals surface area contributed by atoms with Crippen molar-refractivity contribution in [3.05, 3.63) is 71.2 Å². The maximum Gasteiger partial charge on any atom is 0.183 e. The van der Waals surface area contributed by atoms with Crippen LogP contribution in [0.4, 0.5) is 0 Å². The molecule has 0 saturated heterocycles. The molecule has 80 valence electrons. The first-order chi connectivity index (χ1) is 7.84. The zero-order valence-corrected chi connectivity index (χ0v) is 8.78. The van der Waals surface area contributed by atoms with Crippen LogP contribution in [0.2, 0.25) is 0 Å². The van der Waals surface area contributed by atoms with Crippen LogP contribution >= 0.6 is 0 Å². The van der Waals surface area contributed by atoms with Crippen LogP contribution in [-0.4, -0.2) is 15.9 Å². The molecule has 16 heavy (non-hydrogen) atoms. The summed E-state index contributed by atoms with van der Waals surface area (Å²) in [7, 11) is 0. The summed E-state index contributed by atoms with van der Waals surface area (Å²) in [4.78, 5) is 3.95. The standard InChI is InChI=1S/C13H12N2O/c16-15(10-12-5-2-1-3-6-12)11-13-7-4-8-14-9-13/h1-9,11H,10H2. The number of benzene rings is 1. The van der Waals surface area contributed by atoms with Crippen molar-refractivity contribution in [2.45, 2.75) is 6.54 Å². The van der Waals surface area contributed by atoms with Crippen molar-refractivity contribution in [3.8, 4) is 0 Å². The molecule has 0 saturated carbocycles. The lowest BCUT2D eigenvalue weighted by atomic mass is 10.2. The third-order valence-electron chi connectivity index (χ3n) is 2.16. The van der Waals surface area contributed by atoms with E-state index < -0.39 is 0 Å². The van der Waals surface area contributed by atoms with Crippen LogP contribution in [0.15, 0.2) is 54.9 Å². The Balaban J connectivity index is 2.09. The molecule has 2 rings (SSSR count). The number of aromatic nitrogens is 1. The molecule has 2 aromatic rings. The maximum absolute atomic E-state index is 11.6. The third kappa shape index (κ3) is 2.92. The Bertz CT molecular complexity index is 466. The van der Waals surface area contributed by atoms with Gasteiger partial charge in [0.15, 0.2) is 12.8 Å². The number of hydrogen-bond donors (Lipinski definition) is 0. The summed E-state index contributed by atoms with van der Waals surface area (Å²) in [6.45, 7) is 0.357. The van der Waals surface area contributed by atoms with E-state index in [1.165, 1.54) is 0 Å². The first-order valence-electron chi connectivity index (χ1n) is 5.07. The first-order valence-corrected chi connectivity index (χ1v) is 5.07. The number of nitrogens with zero attached hydrogens (tertiary/aromatic N) is 2. The third-order valence-corrected chi connectivity index (χ3v) is 2.16. The van der Waals surface area contributed by atoms with Gasteiger partial charge >= 0.3 is 0 Å². The molecule has 0 aliphatic carbocycles. The van der Waals surface area contributed by atoms with E-state index in [9.17, 15) is 5.21 Å². The van der Waals surface area contributed by atoms with Gasteiger partial charge in [0, 0.05) is 18.0 Å². The zero-order chi connectivity index (χ0) is 11.2. The molecular weight excluding hydrogens is 200 g/mol. The largest absolute Gasteiger partial charge is 0.624 e. The van der Waals surface area contributed by atoms with Gasteiger partial charge in [0.1, 0.15) is 0 Å². The highest BCUT2D eigenvalue weighted by Crippen LogP contribution is 2.00. The molecule has 3 nitrogen and oxygen atoms in total. The normalized spacial score (nSPS) is 11.4. The molecule has 0 aliphatic heterocycles. The molecule has 1 aromatic carbocycles. The average molecular weight is 212 g/mol. The van der Waals surface area contributed by atoms with E-state index in [4.69, 9.17) is 0 Å². The topological polar surface area (TPSA) is 39.0 Å². The second-order valence-corrected chi connectivity index (χ2v) is 3.48. The Morgan fingerprint density at radius 3 is 2.62 bits per heavy atom. The van der Waals surface area contributed by atoms with Gasteiger partial charge < -0.3 is 5.21 Å². The molecule has 3 heteroatoms. The van der Waals surface area contributed by atoms with E-state index in [1.807, 2.05) is 42.5 Å². The second-order valence-electron chi connectivity index (χ2n) is 3.48. The van der Waals surface area contributed by atoms with Crippen LogP contribution in [0, 0.1) is 5.21 Å². The lowest BCUT2D eigenvalue weighted by molar-refractivity contribution is -0.469. The van der Waals surface area contributed by atoms with Crippen molar-refractivity contribution in [3.63, 3.8) is 0 Å². The monoisotopic (exact) mass is 212 g/mol. The van der Waals surface area contributed by atoms with Crippen molar-refractivity contribution in [2.24, 2.45) is 0 Å². The summed E-state index contributed by atoms with van der Waals surface area (Å²) in [5.74, 6) is 0. The number of rotatable bonds is 3. The Hall–Kier alpha value is -2.16. The van der Waals surface area contributed by atoms with E-state index in [2.05, 4.69) is 4.98 Å². The summed E-state index contributed by atoms with van der Waals surface area (Å²) < 4.78 is 0.909. The average Bonchev–Trinajstić information content (AvgIpc) is 2.31. The molecular formula is C13H12N2O. The Morgan fingerprint density at radius 2 is 1.94 bits per heavy atom. The quantitative estimate of drug-likeness (QED) is 0.338. The fraction of sp³-hybridized carbons (Fsp3) is 0.0769. The summed E-state index contributed by atoms with van der Waals surface area (Å²) >= 11 is 0. The maximum atomic E-state index is 11.6. The molecule has 0 fully saturated rings. The SMILES string of the molecule is [O-][N+](=Cc1cccnc1)Cc1ccccc1. The zero-order valence-electron chi connectivity index (χ0n) is 8.78. The molecule has 0 atom stereocenters. The highest BCUT2D eigenvalue weighted by Gasteiger charge is 1.98. The van der Waals surface area contributed by atoms with Crippen molar-refractivity contribution in [1.82, 2.24) is 4.98 Å². The Kier molecular flexibility index (Phi) is 3.28. The summed E-state index contributed by atoms with van der Waals surface area (Å²) in [5, 5.41) is 11.6. The summed E-state index contributed by atoms with van der Waals surface area (Å²) in [6, 6.07) is 13.3. The molecule has 1 heterocycles. The molecule has 0 radical (unpaired) electrons. The highest BCUT2D eigenvalue weighted by molar-refractivity contribution is 5.74. The van der Waals surface area contributed by atoms with Crippen LogP contribution in [0.5, 0.6) is 0 Å². The minimum atomic E-state index is 0.357. The summed E-state index contributed by atoms with van der Waals surface area (Å²) in [6.07, 6.45) is 4.89. The molecule has 0 unspecified atom stereocenters. The highest BCUT2D eigenvalue weighted by atomic mass is 16.5. The van der Waals surface area contributed by atoms with E-state index in [0.717, 1.165) is 15.9 Å². The van der Waals surface area contributed by atoms with E-state index >= 15 is 0 Å². The van der Waals surface area contributed by atoms with E-state index in [0.29, 0.717) is 6.54 Å². The van der Waals surface area contributed by atoms with Gasteiger partial charge in [-0.3, -0.25) is 4.98 Å². The van der Waals surface area contributed by atoms with Gasteiger partial charge in [0.25, 0.3) is 0 Å². The predicted molar refractivity (Wildman–Crippen MR) is 63.2 cm³/mol. The predicted octanol–water partition coefficient (Wildman–Crippen LogP) is 2.21. The molecule has 0 amide bonds. The number of hydroxylamine groups is 1. The number of pyridine rings is 1.